The van der Waals surface area contributed by atoms with Gasteiger partial charge in [-0.15, -0.1) is 0 Å². The third kappa shape index (κ3) is 3.91. The van der Waals surface area contributed by atoms with Gasteiger partial charge in [-0.2, -0.15) is 0 Å². The highest BCUT2D eigenvalue weighted by Crippen LogP contribution is 2.48. The van der Waals surface area contributed by atoms with Crippen molar-refractivity contribution in [1.29, 1.82) is 0 Å². The summed E-state index contributed by atoms with van der Waals surface area (Å²) in [6.45, 7) is 5.85. The van der Waals surface area contributed by atoms with E-state index in [-0.39, 0.29) is 11.8 Å². The first kappa shape index (κ1) is 17.5. The predicted octanol–water partition coefficient (Wildman–Crippen LogP) is 1.81. The van der Waals surface area contributed by atoms with Crippen LogP contribution in [0.3, 0.4) is 0 Å². The van der Waals surface area contributed by atoms with Crippen LogP contribution >= 0.6 is 0 Å². The normalized spacial score (nSPS) is 15.3. The summed E-state index contributed by atoms with van der Waals surface area (Å²) in [6, 6.07) is 7.86. The van der Waals surface area contributed by atoms with Gasteiger partial charge in [-0.25, -0.2) is 0 Å². The molecule has 0 spiro atoms. The summed E-state index contributed by atoms with van der Waals surface area (Å²) < 4.78 is 0. The molecule has 1 N–H and O–H groups in total. The third-order valence-electron chi connectivity index (χ3n) is 4.31. The molecule has 126 valence electrons. The highest BCUT2D eigenvalue weighted by atomic mass is 16.2. The molecule has 0 saturated heterocycles. The molecule has 1 aliphatic carbocycles. The van der Waals surface area contributed by atoms with E-state index in [4.69, 9.17) is 0 Å². The van der Waals surface area contributed by atoms with E-state index in [2.05, 4.69) is 5.32 Å². The second-order valence-corrected chi connectivity index (χ2v) is 6.53. The molecular weight excluding hydrogens is 290 g/mol. The van der Waals surface area contributed by atoms with Crippen molar-refractivity contribution in [3.63, 3.8) is 0 Å². The summed E-state index contributed by atoms with van der Waals surface area (Å²) in [7, 11) is 3.92. The number of nitrogens with zero attached hydrogens (tertiary/aromatic N) is 2. The van der Waals surface area contributed by atoms with Gasteiger partial charge in [0.1, 0.15) is 5.41 Å². The molecule has 23 heavy (non-hydrogen) atoms. The smallest absolute Gasteiger partial charge is 0.242 e. The number of carbonyl (C=O) groups is 2. The molecule has 1 saturated carbocycles. The first-order valence-electron chi connectivity index (χ1n) is 8.22. The Hall–Kier alpha value is -1.88. The van der Waals surface area contributed by atoms with Crippen LogP contribution in [0, 0.1) is 12.3 Å². The summed E-state index contributed by atoms with van der Waals surface area (Å²) in [4.78, 5) is 29.2. The molecule has 5 heteroatoms. The van der Waals surface area contributed by atoms with Crippen molar-refractivity contribution in [3.05, 3.63) is 29.8 Å². The number of likely N-dealkylation sites (N-methyl/N-ethyl adjacent to an activating group) is 1. The number of amides is 2. The largest absolute Gasteiger partial charge is 0.354 e. The molecule has 0 unspecified atom stereocenters. The monoisotopic (exact) mass is 317 g/mol. The van der Waals surface area contributed by atoms with Crippen LogP contribution in [0.4, 0.5) is 5.69 Å². The molecule has 1 aromatic carbocycles. The molecule has 0 atom stereocenters. The van der Waals surface area contributed by atoms with Crippen LogP contribution in [0.5, 0.6) is 0 Å². The van der Waals surface area contributed by atoms with Gasteiger partial charge < -0.3 is 15.1 Å². The molecule has 2 rings (SSSR count). The Morgan fingerprint density at radius 1 is 1.26 bits per heavy atom. The van der Waals surface area contributed by atoms with Crippen LogP contribution in [-0.2, 0) is 9.59 Å². The van der Waals surface area contributed by atoms with E-state index in [1.54, 1.807) is 4.90 Å². The highest BCUT2D eigenvalue weighted by Gasteiger charge is 2.57. The van der Waals surface area contributed by atoms with Gasteiger partial charge in [0, 0.05) is 25.3 Å². The summed E-state index contributed by atoms with van der Waals surface area (Å²) >= 11 is 0. The molecule has 2 amide bonds. The van der Waals surface area contributed by atoms with Gasteiger partial charge >= 0.3 is 0 Å². The fraction of sp³-hybridized carbons (Fsp3) is 0.556. The Morgan fingerprint density at radius 3 is 2.48 bits per heavy atom. The van der Waals surface area contributed by atoms with Crippen molar-refractivity contribution < 1.29 is 9.59 Å². The minimum Gasteiger partial charge on any atom is -0.354 e. The first-order chi connectivity index (χ1) is 10.9. The van der Waals surface area contributed by atoms with Gasteiger partial charge in [0.25, 0.3) is 0 Å². The van der Waals surface area contributed by atoms with Crippen LogP contribution in [-0.4, -0.2) is 50.4 Å². The maximum absolute atomic E-state index is 13.0. The molecule has 1 aromatic rings. The van der Waals surface area contributed by atoms with E-state index in [0.29, 0.717) is 25.9 Å². The number of nitrogens with one attached hydrogen (secondary N) is 1. The average Bonchev–Trinajstić information content (AvgIpc) is 3.29. The third-order valence-corrected chi connectivity index (χ3v) is 4.31. The van der Waals surface area contributed by atoms with E-state index in [1.807, 2.05) is 57.1 Å². The van der Waals surface area contributed by atoms with Crippen molar-refractivity contribution in [1.82, 2.24) is 10.2 Å². The van der Waals surface area contributed by atoms with Crippen LogP contribution < -0.4 is 10.2 Å². The minimum atomic E-state index is -0.855. The Morgan fingerprint density at radius 2 is 1.96 bits per heavy atom. The number of rotatable bonds is 7. The standard InChI is InChI=1S/C18H27N3O2/c1-5-21(15-8-6-7-14(2)13-15)17(23)18(9-10-18)16(22)19-11-12-20(3)4/h6-8,13H,5,9-12H2,1-4H3,(H,19,22). The zero-order valence-corrected chi connectivity index (χ0v) is 14.6. The number of hydrogen-bond donors (Lipinski definition) is 1. The van der Waals surface area contributed by atoms with Crippen LogP contribution in [0.2, 0.25) is 0 Å². The SMILES string of the molecule is CCN(C(=O)C1(C(=O)NCCN(C)C)CC1)c1cccc(C)c1. The van der Waals surface area contributed by atoms with Crippen LogP contribution in [0.25, 0.3) is 0 Å². The summed E-state index contributed by atoms with van der Waals surface area (Å²) in [5.74, 6) is -0.205. The van der Waals surface area contributed by atoms with E-state index in [0.717, 1.165) is 17.8 Å². The van der Waals surface area contributed by atoms with E-state index >= 15 is 0 Å². The fourth-order valence-corrected chi connectivity index (χ4v) is 2.72. The summed E-state index contributed by atoms with van der Waals surface area (Å²) in [5.41, 5.74) is 1.12. The van der Waals surface area contributed by atoms with Crippen molar-refractivity contribution in [3.8, 4) is 0 Å². The Bertz CT molecular complexity index is 579. The Labute approximate surface area is 138 Å². The molecule has 0 radical (unpaired) electrons. The van der Waals surface area contributed by atoms with Crippen LogP contribution in [0.1, 0.15) is 25.3 Å². The highest BCUT2D eigenvalue weighted by molar-refractivity contribution is 6.14. The quantitative estimate of drug-likeness (QED) is 0.780. The topological polar surface area (TPSA) is 52.7 Å². The van der Waals surface area contributed by atoms with Gasteiger partial charge in [-0.1, -0.05) is 12.1 Å². The lowest BCUT2D eigenvalue weighted by Crippen LogP contribution is -2.46. The lowest BCUT2D eigenvalue weighted by Gasteiger charge is -2.26. The second kappa shape index (κ2) is 7.13. The molecular formula is C18H27N3O2. The number of anilines is 1. The van der Waals surface area contributed by atoms with Gasteiger partial charge in [0.2, 0.25) is 11.8 Å². The number of hydrogen-bond acceptors (Lipinski definition) is 3. The Balaban J connectivity index is 2.09. The van der Waals surface area contributed by atoms with Gasteiger partial charge in [-0.05, 0) is 58.5 Å². The van der Waals surface area contributed by atoms with Gasteiger partial charge in [0.05, 0.1) is 0 Å². The molecule has 0 heterocycles. The average molecular weight is 317 g/mol. The van der Waals surface area contributed by atoms with Crippen LogP contribution in [0.15, 0.2) is 24.3 Å². The van der Waals surface area contributed by atoms with Crippen molar-refractivity contribution >= 4 is 17.5 Å². The zero-order valence-electron chi connectivity index (χ0n) is 14.6. The molecule has 0 bridgehead atoms. The van der Waals surface area contributed by atoms with Gasteiger partial charge in [0.15, 0.2) is 0 Å². The fourth-order valence-electron chi connectivity index (χ4n) is 2.72. The maximum atomic E-state index is 13.0. The number of aryl methyl sites for hydroxylation is 1. The summed E-state index contributed by atoms with van der Waals surface area (Å²) in [5, 5.41) is 2.91. The zero-order chi connectivity index (χ0) is 17.0. The minimum absolute atomic E-state index is 0.0760. The Kier molecular flexibility index (Phi) is 5.42. The van der Waals surface area contributed by atoms with Crippen molar-refractivity contribution in [2.24, 2.45) is 5.41 Å². The number of benzene rings is 1. The molecule has 5 nitrogen and oxygen atoms in total. The van der Waals surface area contributed by atoms with E-state index in [1.165, 1.54) is 0 Å². The van der Waals surface area contributed by atoms with E-state index in [9.17, 15) is 9.59 Å². The molecule has 1 aliphatic rings. The maximum Gasteiger partial charge on any atom is 0.242 e. The number of carbonyl (C=O) groups excluding carboxylic acids is 2. The molecule has 1 fully saturated rings. The lowest BCUT2D eigenvalue weighted by atomic mass is 10.0. The molecule has 0 aliphatic heterocycles. The molecule has 0 aromatic heterocycles. The first-order valence-corrected chi connectivity index (χ1v) is 8.22. The van der Waals surface area contributed by atoms with E-state index < -0.39 is 5.41 Å². The predicted molar refractivity (Wildman–Crippen MR) is 92.4 cm³/mol. The lowest BCUT2D eigenvalue weighted by molar-refractivity contribution is -0.135. The van der Waals surface area contributed by atoms with Gasteiger partial charge in [-0.3, -0.25) is 9.59 Å². The van der Waals surface area contributed by atoms with Crippen molar-refractivity contribution in [2.45, 2.75) is 26.7 Å². The second-order valence-electron chi connectivity index (χ2n) is 6.53. The summed E-state index contributed by atoms with van der Waals surface area (Å²) in [6.07, 6.45) is 1.28. The van der Waals surface area contributed by atoms with Crippen molar-refractivity contribution in [2.75, 3.05) is 38.6 Å².